The Balaban J connectivity index is 2.01. The lowest BCUT2D eigenvalue weighted by Gasteiger charge is -2.33. The summed E-state index contributed by atoms with van der Waals surface area (Å²) in [6.45, 7) is 3.60. The van der Waals surface area contributed by atoms with Crippen molar-refractivity contribution in [1.82, 2.24) is 10.2 Å². The summed E-state index contributed by atoms with van der Waals surface area (Å²) >= 11 is 0. The quantitative estimate of drug-likeness (QED) is 0.338. The molecule has 0 bridgehead atoms. The van der Waals surface area contributed by atoms with Gasteiger partial charge in [0.15, 0.2) is 0 Å². The zero-order chi connectivity index (χ0) is 28.4. The Hall–Kier alpha value is -3.92. The van der Waals surface area contributed by atoms with Gasteiger partial charge in [-0.2, -0.15) is 0 Å². The topological polar surface area (TPSA) is 96.0 Å². The molecule has 0 heterocycles. The van der Waals surface area contributed by atoms with E-state index >= 15 is 0 Å². The molecule has 0 aliphatic rings. The summed E-state index contributed by atoms with van der Waals surface area (Å²) in [6.07, 6.45) is 1.02. The highest BCUT2D eigenvalue weighted by Crippen LogP contribution is 2.26. The number of para-hydroxylation sites is 1. The third-order valence-electron chi connectivity index (χ3n) is 6.17. The number of carbonyl (C=O) groups excluding carboxylic acids is 2. The number of hydrogen-bond donors (Lipinski definition) is 1. The van der Waals surface area contributed by atoms with Crippen LogP contribution in [-0.2, 0) is 26.2 Å². The van der Waals surface area contributed by atoms with Crippen LogP contribution in [-0.4, -0.2) is 51.4 Å². The van der Waals surface area contributed by atoms with Crippen LogP contribution < -0.4 is 14.4 Å². The molecule has 3 aromatic carbocycles. The minimum absolute atomic E-state index is 0.00236. The molecular formula is C29H34FN3O5S. The summed E-state index contributed by atoms with van der Waals surface area (Å²) in [5, 5.41) is 2.83. The van der Waals surface area contributed by atoms with Crippen molar-refractivity contribution in [2.75, 3.05) is 24.5 Å². The molecule has 0 saturated heterocycles. The minimum atomic E-state index is -4.17. The third-order valence-corrected chi connectivity index (χ3v) is 7.96. The number of ether oxygens (including phenoxy) is 1. The molecule has 10 heteroatoms. The maximum absolute atomic E-state index is 13.9. The summed E-state index contributed by atoms with van der Waals surface area (Å²) in [6, 6.07) is 19.0. The molecule has 0 aromatic heterocycles. The first-order valence-corrected chi connectivity index (χ1v) is 14.2. The third kappa shape index (κ3) is 7.57. The van der Waals surface area contributed by atoms with Gasteiger partial charge in [-0.1, -0.05) is 44.2 Å². The second-order valence-corrected chi connectivity index (χ2v) is 10.7. The van der Waals surface area contributed by atoms with E-state index in [9.17, 15) is 22.4 Å². The lowest BCUT2D eigenvalue weighted by atomic mass is 10.1. The molecule has 0 aliphatic heterocycles. The molecule has 3 rings (SSSR count). The monoisotopic (exact) mass is 555 g/mol. The highest BCUT2D eigenvalue weighted by atomic mass is 32.2. The number of hydrogen-bond acceptors (Lipinski definition) is 5. The number of halogens is 1. The fourth-order valence-electron chi connectivity index (χ4n) is 4.07. The van der Waals surface area contributed by atoms with E-state index < -0.39 is 34.3 Å². The lowest BCUT2D eigenvalue weighted by molar-refractivity contribution is -0.140. The van der Waals surface area contributed by atoms with Crippen LogP contribution >= 0.6 is 0 Å². The van der Waals surface area contributed by atoms with Crippen LogP contribution in [0.15, 0.2) is 83.8 Å². The van der Waals surface area contributed by atoms with E-state index in [0.29, 0.717) is 30.0 Å². The first kappa shape index (κ1) is 29.6. The summed E-state index contributed by atoms with van der Waals surface area (Å²) in [5.41, 5.74) is 0.905. The van der Waals surface area contributed by atoms with Gasteiger partial charge in [0.05, 0.1) is 17.7 Å². The fraction of sp³-hybridized carbons (Fsp3) is 0.310. The van der Waals surface area contributed by atoms with Gasteiger partial charge in [-0.3, -0.25) is 13.9 Å². The van der Waals surface area contributed by atoms with Gasteiger partial charge >= 0.3 is 0 Å². The molecule has 0 fully saturated rings. The Morgan fingerprint density at radius 3 is 2.15 bits per heavy atom. The molecule has 0 radical (unpaired) electrons. The minimum Gasteiger partial charge on any atom is -0.497 e. The van der Waals surface area contributed by atoms with Crippen molar-refractivity contribution in [3.8, 4) is 5.75 Å². The standard InChI is InChI=1S/C29H34FN3O5S/c1-4-19-31-29(35)27(5-2)32(20-22-11-13-23(30)14-12-22)28(34)21-33(24-9-7-6-8-10-24)39(36,37)26-17-15-25(38-3)16-18-26/h6-18,27H,4-5,19-21H2,1-3H3,(H,31,35)/t27-/m0/s1. The van der Waals surface area contributed by atoms with Gasteiger partial charge in [0.1, 0.15) is 24.2 Å². The van der Waals surface area contributed by atoms with E-state index in [-0.39, 0.29) is 17.3 Å². The second-order valence-electron chi connectivity index (χ2n) is 8.89. The van der Waals surface area contributed by atoms with E-state index in [1.807, 2.05) is 6.92 Å². The summed E-state index contributed by atoms with van der Waals surface area (Å²) in [7, 11) is -2.69. The number of nitrogens with one attached hydrogen (secondary N) is 1. The molecule has 8 nitrogen and oxygen atoms in total. The Kier molecular flexibility index (Phi) is 10.4. The normalized spacial score (nSPS) is 11.9. The van der Waals surface area contributed by atoms with E-state index in [2.05, 4.69) is 5.32 Å². The number of nitrogens with zero attached hydrogens (tertiary/aromatic N) is 2. The predicted molar refractivity (Wildman–Crippen MR) is 148 cm³/mol. The highest BCUT2D eigenvalue weighted by Gasteiger charge is 2.33. The molecule has 0 saturated carbocycles. The van der Waals surface area contributed by atoms with Crippen molar-refractivity contribution in [3.63, 3.8) is 0 Å². The van der Waals surface area contributed by atoms with Gasteiger partial charge in [0.25, 0.3) is 10.0 Å². The molecule has 0 spiro atoms. The van der Waals surface area contributed by atoms with Crippen LogP contribution in [0.25, 0.3) is 0 Å². The van der Waals surface area contributed by atoms with E-state index in [1.165, 1.54) is 60.5 Å². The van der Waals surface area contributed by atoms with Gasteiger partial charge in [-0.05, 0) is 66.9 Å². The second kappa shape index (κ2) is 13.7. The van der Waals surface area contributed by atoms with Crippen molar-refractivity contribution >= 4 is 27.5 Å². The molecular weight excluding hydrogens is 521 g/mol. The van der Waals surface area contributed by atoms with Crippen LogP contribution in [0.4, 0.5) is 10.1 Å². The van der Waals surface area contributed by atoms with E-state index in [0.717, 1.165) is 10.7 Å². The molecule has 2 amide bonds. The molecule has 0 unspecified atom stereocenters. The van der Waals surface area contributed by atoms with Crippen LogP contribution in [0.2, 0.25) is 0 Å². The number of amides is 2. The molecule has 39 heavy (non-hydrogen) atoms. The molecule has 1 N–H and O–H groups in total. The van der Waals surface area contributed by atoms with Gasteiger partial charge in [-0.15, -0.1) is 0 Å². The SMILES string of the molecule is CCCNC(=O)[C@H](CC)N(Cc1ccc(F)cc1)C(=O)CN(c1ccccc1)S(=O)(=O)c1ccc(OC)cc1. The Morgan fingerprint density at radius 2 is 1.59 bits per heavy atom. The lowest BCUT2D eigenvalue weighted by Crippen LogP contribution is -2.52. The predicted octanol–water partition coefficient (Wildman–Crippen LogP) is 4.36. The maximum Gasteiger partial charge on any atom is 0.264 e. The molecule has 3 aromatic rings. The van der Waals surface area contributed by atoms with Gasteiger partial charge in [0.2, 0.25) is 11.8 Å². The molecule has 0 aliphatic carbocycles. The van der Waals surface area contributed by atoms with Crippen LogP contribution in [0, 0.1) is 5.82 Å². The van der Waals surface area contributed by atoms with Crippen molar-refractivity contribution in [1.29, 1.82) is 0 Å². The van der Waals surface area contributed by atoms with Gasteiger partial charge < -0.3 is 15.0 Å². The Labute approximate surface area is 229 Å². The summed E-state index contributed by atoms with van der Waals surface area (Å²) in [5.74, 6) is -0.839. The Bertz CT molecular complexity index is 1330. The van der Waals surface area contributed by atoms with Crippen molar-refractivity contribution in [2.24, 2.45) is 0 Å². The fourth-order valence-corrected chi connectivity index (χ4v) is 5.48. The highest BCUT2D eigenvalue weighted by molar-refractivity contribution is 7.92. The maximum atomic E-state index is 13.9. The summed E-state index contributed by atoms with van der Waals surface area (Å²) < 4.78 is 47.3. The zero-order valence-corrected chi connectivity index (χ0v) is 23.2. The largest absolute Gasteiger partial charge is 0.497 e. The van der Waals surface area contributed by atoms with E-state index in [1.54, 1.807) is 37.3 Å². The number of rotatable bonds is 13. The first-order chi connectivity index (χ1) is 18.7. The molecule has 1 atom stereocenters. The average Bonchev–Trinajstić information content (AvgIpc) is 2.95. The number of methoxy groups -OCH3 is 1. The number of anilines is 1. The number of sulfonamides is 1. The van der Waals surface area contributed by atoms with Crippen molar-refractivity contribution in [2.45, 2.75) is 44.2 Å². The van der Waals surface area contributed by atoms with E-state index in [4.69, 9.17) is 4.74 Å². The summed E-state index contributed by atoms with van der Waals surface area (Å²) in [4.78, 5) is 28.3. The van der Waals surface area contributed by atoms with Crippen molar-refractivity contribution in [3.05, 3.63) is 90.2 Å². The number of benzene rings is 3. The number of carbonyl (C=O) groups is 2. The van der Waals surface area contributed by atoms with Crippen LogP contribution in [0.5, 0.6) is 5.75 Å². The van der Waals surface area contributed by atoms with Gasteiger partial charge in [-0.25, -0.2) is 12.8 Å². The Morgan fingerprint density at radius 1 is 0.949 bits per heavy atom. The average molecular weight is 556 g/mol. The van der Waals surface area contributed by atoms with Crippen LogP contribution in [0.3, 0.4) is 0 Å². The first-order valence-electron chi connectivity index (χ1n) is 12.7. The molecule has 208 valence electrons. The zero-order valence-electron chi connectivity index (χ0n) is 22.3. The van der Waals surface area contributed by atoms with Crippen molar-refractivity contribution < 1.29 is 27.1 Å². The smallest absolute Gasteiger partial charge is 0.264 e. The van der Waals surface area contributed by atoms with Gasteiger partial charge in [0, 0.05) is 13.1 Å². The van der Waals surface area contributed by atoms with Crippen LogP contribution in [0.1, 0.15) is 32.3 Å².